The van der Waals surface area contributed by atoms with Crippen molar-refractivity contribution in [3.8, 4) is 11.5 Å². The molecule has 0 saturated carbocycles. The lowest BCUT2D eigenvalue weighted by molar-refractivity contribution is -0.274. The zero-order valence-corrected chi connectivity index (χ0v) is 11.3. The van der Waals surface area contributed by atoms with Crippen molar-refractivity contribution in [2.75, 3.05) is 5.73 Å². The number of rotatable bonds is 4. The van der Waals surface area contributed by atoms with E-state index in [1.807, 2.05) is 6.92 Å². The van der Waals surface area contributed by atoms with Gasteiger partial charge in [-0.2, -0.15) is 0 Å². The summed E-state index contributed by atoms with van der Waals surface area (Å²) in [5.41, 5.74) is 7.92. The fourth-order valence-electron chi connectivity index (χ4n) is 1.78. The van der Waals surface area contributed by atoms with Crippen LogP contribution in [-0.2, 0) is 6.61 Å². The Labute approximate surface area is 120 Å². The van der Waals surface area contributed by atoms with Gasteiger partial charge in [-0.15, -0.1) is 13.2 Å². The smallest absolute Gasteiger partial charge is 0.489 e. The second-order valence-electron chi connectivity index (χ2n) is 4.51. The molecule has 0 aliphatic rings. The highest BCUT2D eigenvalue weighted by atomic mass is 19.4. The molecular formula is C15H14F3NO2. The van der Waals surface area contributed by atoms with Crippen molar-refractivity contribution >= 4 is 5.69 Å². The first-order valence-corrected chi connectivity index (χ1v) is 6.17. The second-order valence-corrected chi connectivity index (χ2v) is 4.51. The fraction of sp³-hybridized carbons (Fsp3) is 0.200. The van der Waals surface area contributed by atoms with Gasteiger partial charge in [0.15, 0.2) is 0 Å². The van der Waals surface area contributed by atoms with Crippen LogP contribution in [0, 0.1) is 6.92 Å². The Hall–Kier alpha value is -2.37. The van der Waals surface area contributed by atoms with Gasteiger partial charge in [-0.1, -0.05) is 12.1 Å². The minimum Gasteiger partial charge on any atom is -0.489 e. The van der Waals surface area contributed by atoms with Gasteiger partial charge in [0, 0.05) is 5.69 Å². The maximum atomic E-state index is 12.0. The molecule has 0 heterocycles. The lowest BCUT2D eigenvalue weighted by Crippen LogP contribution is -2.17. The molecule has 2 aromatic carbocycles. The van der Waals surface area contributed by atoms with Crippen LogP contribution in [0.4, 0.5) is 18.9 Å². The van der Waals surface area contributed by atoms with Gasteiger partial charge < -0.3 is 15.2 Å². The number of nitrogen functional groups attached to an aromatic ring is 1. The van der Waals surface area contributed by atoms with Crippen molar-refractivity contribution < 1.29 is 22.6 Å². The largest absolute Gasteiger partial charge is 0.573 e. The third kappa shape index (κ3) is 4.59. The van der Waals surface area contributed by atoms with Crippen LogP contribution in [0.5, 0.6) is 11.5 Å². The molecule has 2 N–H and O–H groups in total. The van der Waals surface area contributed by atoms with Crippen molar-refractivity contribution in [1.82, 2.24) is 0 Å². The lowest BCUT2D eigenvalue weighted by atomic mass is 10.2. The van der Waals surface area contributed by atoms with Gasteiger partial charge in [0.1, 0.15) is 18.1 Å². The molecule has 0 spiro atoms. The highest BCUT2D eigenvalue weighted by Gasteiger charge is 2.30. The van der Waals surface area contributed by atoms with Gasteiger partial charge >= 0.3 is 6.36 Å². The summed E-state index contributed by atoms with van der Waals surface area (Å²) < 4.78 is 45.5. The molecule has 0 aliphatic carbocycles. The molecule has 6 heteroatoms. The molecule has 2 rings (SSSR count). The van der Waals surface area contributed by atoms with Crippen LogP contribution >= 0.6 is 0 Å². The summed E-state index contributed by atoms with van der Waals surface area (Å²) in [5, 5.41) is 0. The van der Waals surface area contributed by atoms with Crippen LogP contribution in [0.2, 0.25) is 0 Å². The van der Waals surface area contributed by atoms with Crippen molar-refractivity contribution in [1.29, 1.82) is 0 Å². The first kappa shape index (κ1) is 15.0. The standard InChI is InChI=1S/C15H14F3NO2/c1-10-8-12(19)4-7-14(10)20-9-11-2-5-13(6-3-11)21-15(16,17)18/h2-8H,9,19H2,1H3. The number of alkyl halides is 3. The molecule has 112 valence electrons. The van der Waals surface area contributed by atoms with E-state index in [-0.39, 0.29) is 12.4 Å². The van der Waals surface area contributed by atoms with E-state index in [0.29, 0.717) is 11.4 Å². The van der Waals surface area contributed by atoms with Crippen LogP contribution < -0.4 is 15.2 Å². The van der Waals surface area contributed by atoms with E-state index in [0.717, 1.165) is 11.1 Å². The van der Waals surface area contributed by atoms with Crippen LogP contribution in [0.1, 0.15) is 11.1 Å². The Bertz CT molecular complexity index is 609. The van der Waals surface area contributed by atoms with Crippen LogP contribution in [0.3, 0.4) is 0 Å². The maximum absolute atomic E-state index is 12.0. The number of nitrogens with two attached hydrogens (primary N) is 1. The van der Waals surface area contributed by atoms with Gasteiger partial charge in [-0.25, -0.2) is 0 Å². The predicted molar refractivity (Wildman–Crippen MR) is 73.0 cm³/mol. The summed E-state index contributed by atoms with van der Waals surface area (Å²) in [5.74, 6) is 0.426. The van der Waals surface area contributed by atoms with Gasteiger partial charge in [0.25, 0.3) is 0 Å². The number of hydrogen-bond donors (Lipinski definition) is 1. The number of anilines is 1. The molecule has 0 unspecified atom stereocenters. The number of hydrogen-bond acceptors (Lipinski definition) is 3. The summed E-state index contributed by atoms with van der Waals surface area (Å²) in [7, 11) is 0. The van der Waals surface area contributed by atoms with Crippen LogP contribution in [-0.4, -0.2) is 6.36 Å². The average Bonchev–Trinajstić information content (AvgIpc) is 2.38. The van der Waals surface area contributed by atoms with Crippen LogP contribution in [0.25, 0.3) is 0 Å². The average molecular weight is 297 g/mol. The monoisotopic (exact) mass is 297 g/mol. The Morgan fingerprint density at radius 2 is 1.71 bits per heavy atom. The SMILES string of the molecule is Cc1cc(N)ccc1OCc1ccc(OC(F)(F)F)cc1. The van der Waals surface area contributed by atoms with Gasteiger partial charge in [0.05, 0.1) is 0 Å². The Balaban J connectivity index is 1.97. The Kier molecular flexibility index (Phi) is 4.26. The number of benzene rings is 2. The fourth-order valence-corrected chi connectivity index (χ4v) is 1.78. The number of ether oxygens (including phenoxy) is 2. The molecule has 0 bridgehead atoms. The Morgan fingerprint density at radius 1 is 1.05 bits per heavy atom. The van der Waals surface area contributed by atoms with Gasteiger partial charge in [-0.05, 0) is 48.4 Å². The first-order valence-electron chi connectivity index (χ1n) is 6.17. The minimum absolute atomic E-state index is 0.247. The maximum Gasteiger partial charge on any atom is 0.573 e. The molecule has 21 heavy (non-hydrogen) atoms. The molecular weight excluding hydrogens is 283 g/mol. The topological polar surface area (TPSA) is 44.5 Å². The number of halogens is 3. The highest BCUT2D eigenvalue weighted by Crippen LogP contribution is 2.24. The van der Waals surface area contributed by atoms with E-state index in [2.05, 4.69) is 4.74 Å². The number of aryl methyl sites for hydroxylation is 1. The summed E-state index contributed by atoms with van der Waals surface area (Å²) in [6.07, 6.45) is -4.68. The Morgan fingerprint density at radius 3 is 2.29 bits per heavy atom. The van der Waals surface area contributed by atoms with Crippen molar-refractivity contribution in [2.45, 2.75) is 19.9 Å². The molecule has 0 saturated heterocycles. The van der Waals surface area contributed by atoms with E-state index in [9.17, 15) is 13.2 Å². The third-order valence-electron chi connectivity index (χ3n) is 2.75. The molecule has 0 radical (unpaired) electrons. The predicted octanol–water partition coefficient (Wildman–Crippen LogP) is 4.05. The van der Waals surface area contributed by atoms with E-state index < -0.39 is 6.36 Å². The summed E-state index contributed by atoms with van der Waals surface area (Å²) in [6.45, 7) is 2.11. The minimum atomic E-state index is -4.68. The molecule has 0 atom stereocenters. The lowest BCUT2D eigenvalue weighted by Gasteiger charge is -2.11. The van der Waals surface area contributed by atoms with Crippen molar-refractivity contribution in [3.63, 3.8) is 0 Å². The molecule has 0 amide bonds. The second kappa shape index (κ2) is 5.95. The van der Waals surface area contributed by atoms with Gasteiger partial charge in [0.2, 0.25) is 0 Å². The van der Waals surface area contributed by atoms with Crippen LogP contribution in [0.15, 0.2) is 42.5 Å². The quantitative estimate of drug-likeness (QED) is 0.866. The first-order chi connectivity index (χ1) is 9.83. The zero-order valence-electron chi connectivity index (χ0n) is 11.3. The van der Waals surface area contributed by atoms with Crippen molar-refractivity contribution in [2.24, 2.45) is 0 Å². The normalized spacial score (nSPS) is 11.2. The van der Waals surface area contributed by atoms with E-state index in [1.54, 1.807) is 18.2 Å². The molecule has 0 aliphatic heterocycles. The highest BCUT2D eigenvalue weighted by molar-refractivity contribution is 5.47. The molecule has 0 aromatic heterocycles. The van der Waals surface area contributed by atoms with E-state index in [4.69, 9.17) is 10.5 Å². The summed E-state index contributed by atoms with van der Waals surface area (Å²) in [6, 6.07) is 10.8. The van der Waals surface area contributed by atoms with Gasteiger partial charge in [-0.3, -0.25) is 0 Å². The molecule has 2 aromatic rings. The summed E-state index contributed by atoms with van der Waals surface area (Å²) >= 11 is 0. The molecule has 0 fully saturated rings. The molecule has 3 nitrogen and oxygen atoms in total. The van der Waals surface area contributed by atoms with E-state index in [1.165, 1.54) is 24.3 Å². The van der Waals surface area contributed by atoms with Crippen molar-refractivity contribution in [3.05, 3.63) is 53.6 Å². The third-order valence-corrected chi connectivity index (χ3v) is 2.75. The van der Waals surface area contributed by atoms with E-state index >= 15 is 0 Å². The zero-order chi connectivity index (χ0) is 15.5. The summed E-state index contributed by atoms with van der Waals surface area (Å²) in [4.78, 5) is 0.